The summed E-state index contributed by atoms with van der Waals surface area (Å²) in [5.74, 6) is 1.56. The van der Waals surface area contributed by atoms with Gasteiger partial charge >= 0.3 is 0 Å². The predicted octanol–water partition coefficient (Wildman–Crippen LogP) is 5.58. The zero-order valence-corrected chi connectivity index (χ0v) is 16.1. The third kappa shape index (κ3) is 3.50. The van der Waals surface area contributed by atoms with E-state index in [-0.39, 0.29) is 0 Å². The molecule has 0 spiro atoms. The molecule has 1 atom stereocenters. The van der Waals surface area contributed by atoms with Crippen LogP contribution in [-0.4, -0.2) is 36.1 Å². The maximum atomic E-state index is 6.04. The number of benzene rings is 3. The van der Waals surface area contributed by atoms with Crippen LogP contribution in [0, 0.1) is 0 Å². The fourth-order valence-corrected chi connectivity index (χ4v) is 4.53. The minimum Gasteiger partial charge on any atom is -0.492 e. The van der Waals surface area contributed by atoms with Gasteiger partial charge in [-0.3, -0.25) is 4.90 Å². The molecule has 1 N–H and O–H groups in total. The van der Waals surface area contributed by atoms with E-state index in [1.165, 1.54) is 41.1 Å². The predicted molar refractivity (Wildman–Crippen MR) is 116 cm³/mol. The number of piperidine rings is 1. The van der Waals surface area contributed by atoms with Crippen LogP contribution in [0.1, 0.15) is 24.3 Å². The quantitative estimate of drug-likeness (QED) is 0.497. The molecule has 3 nitrogen and oxygen atoms in total. The highest BCUT2D eigenvalue weighted by molar-refractivity contribution is 5.86. The van der Waals surface area contributed by atoms with Crippen molar-refractivity contribution in [2.24, 2.45) is 0 Å². The summed E-state index contributed by atoms with van der Waals surface area (Å²) in [5.41, 5.74) is 2.66. The van der Waals surface area contributed by atoms with Gasteiger partial charge in [-0.15, -0.1) is 0 Å². The average Bonchev–Trinajstić information content (AvgIpc) is 3.21. The molecule has 1 aliphatic rings. The van der Waals surface area contributed by atoms with Crippen molar-refractivity contribution in [1.29, 1.82) is 0 Å². The Balaban J connectivity index is 1.23. The molecule has 5 rings (SSSR count). The Morgan fingerprint density at radius 2 is 1.89 bits per heavy atom. The summed E-state index contributed by atoms with van der Waals surface area (Å²) >= 11 is 0. The van der Waals surface area contributed by atoms with Crippen molar-refractivity contribution in [1.82, 2.24) is 9.88 Å². The molecule has 1 aromatic heterocycles. The van der Waals surface area contributed by atoms with Crippen LogP contribution in [0.5, 0.6) is 5.75 Å². The van der Waals surface area contributed by atoms with Crippen molar-refractivity contribution in [2.45, 2.75) is 18.8 Å². The first kappa shape index (κ1) is 17.3. The second-order valence-electron chi connectivity index (χ2n) is 7.78. The fourth-order valence-electron chi connectivity index (χ4n) is 4.53. The maximum absolute atomic E-state index is 6.04. The molecule has 1 fully saturated rings. The van der Waals surface area contributed by atoms with Gasteiger partial charge in [0.05, 0.1) is 0 Å². The second-order valence-corrected chi connectivity index (χ2v) is 7.78. The number of likely N-dealkylation sites (tertiary alicyclic amines) is 1. The first-order valence-electron chi connectivity index (χ1n) is 10.3. The highest BCUT2D eigenvalue weighted by Crippen LogP contribution is 2.32. The van der Waals surface area contributed by atoms with Crippen molar-refractivity contribution in [2.75, 3.05) is 26.2 Å². The Hall–Kier alpha value is -2.78. The van der Waals surface area contributed by atoms with E-state index >= 15 is 0 Å². The standard InChI is InChI=1S/C25H26N2O/c1-2-8-23-19(5-1)6-3-9-24(23)21-7-4-14-27(18-21)15-16-28-22-10-11-25-20(17-22)12-13-26-25/h1-3,5-6,8-13,17,21,26H,4,7,14-16,18H2. The summed E-state index contributed by atoms with van der Waals surface area (Å²) in [6, 6.07) is 23.8. The minimum absolute atomic E-state index is 0.607. The first-order valence-corrected chi connectivity index (χ1v) is 10.3. The van der Waals surface area contributed by atoms with E-state index in [2.05, 4.69) is 70.5 Å². The molecule has 0 saturated carbocycles. The molecule has 3 aromatic carbocycles. The lowest BCUT2D eigenvalue weighted by atomic mass is 9.87. The average molecular weight is 370 g/mol. The van der Waals surface area contributed by atoms with E-state index in [1.807, 2.05) is 12.3 Å². The Morgan fingerprint density at radius 1 is 0.964 bits per heavy atom. The van der Waals surface area contributed by atoms with Gasteiger partial charge in [-0.2, -0.15) is 0 Å². The van der Waals surface area contributed by atoms with Crippen LogP contribution < -0.4 is 4.74 Å². The largest absolute Gasteiger partial charge is 0.492 e. The fraction of sp³-hybridized carbons (Fsp3) is 0.280. The molecule has 3 heteroatoms. The Bertz CT molecular complexity index is 1080. The molecule has 1 aliphatic heterocycles. The van der Waals surface area contributed by atoms with Gasteiger partial charge in [-0.1, -0.05) is 42.5 Å². The van der Waals surface area contributed by atoms with Crippen molar-refractivity contribution in [3.8, 4) is 5.75 Å². The van der Waals surface area contributed by atoms with E-state index in [4.69, 9.17) is 4.74 Å². The number of fused-ring (bicyclic) bond motifs is 2. The summed E-state index contributed by atoms with van der Waals surface area (Å²) in [4.78, 5) is 5.78. The number of rotatable bonds is 5. The van der Waals surface area contributed by atoms with Crippen LogP contribution in [0.4, 0.5) is 0 Å². The van der Waals surface area contributed by atoms with Crippen LogP contribution in [-0.2, 0) is 0 Å². The molecule has 0 bridgehead atoms. The summed E-state index contributed by atoms with van der Waals surface area (Å²) in [7, 11) is 0. The van der Waals surface area contributed by atoms with Gasteiger partial charge in [-0.25, -0.2) is 0 Å². The Morgan fingerprint density at radius 3 is 2.89 bits per heavy atom. The number of H-pyrrole nitrogens is 1. The van der Waals surface area contributed by atoms with E-state index in [1.54, 1.807) is 0 Å². The summed E-state index contributed by atoms with van der Waals surface area (Å²) in [5, 5.41) is 3.96. The lowest BCUT2D eigenvalue weighted by Crippen LogP contribution is -2.37. The number of aromatic nitrogens is 1. The van der Waals surface area contributed by atoms with Gasteiger partial charge in [0.15, 0.2) is 0 Å². The molecule has 1 saturated heterocycles. The molecule has 0 aliphatic carbocycles. The molecule has 1 unspecified atom stereocenters. The molecule has 0 amide bonds. The summed E-state index contributed by atoms with van der Waals surface area (Å²) in [6.45, 7) is 4.00. The van der Waals surface area contributed by atoms with Gasteiger partial charge < -0.3 is 9.72 Å². The van der Waals surface area contributed by atoms with Gasteiger partial charge in [0, 0.05) is 30.2 Å². The van der Waals surface area contributed by atoms with Crippen LogP contribution in [0.15, 0.2) is 72.9 Å². The van der Waals surface area contributed by atoms with Crippen LogP contribution in [0.2, 0.25) is 0 Å². The topological polar surface area (TPSA) is 28.3 Å². The Labute approximate surface area is 165 Å². The van der Waals surface area contributed by atoms with Crippen molar-refractivity contribution in [3.63, 3.8) is 0 Å². The van der Waals surface area contributed by atoms with Gasteiger partial charge in [-0.05, 0) is 65.9 Å². The number of hydrogen-bond acceptors (Lipinski definition) is 2. The van der Waals surface area contributed by atoms with E-state index in [0.717, 1.165) is 31.0 Å². The lowest BCUT2D eigenvalue weighted by molar-refractivity contribution is 0.170. The monoisotopic (exact) mass is 370 g/mol. The second kappa shape index (κ2) is 7.69. The number of nitrogens with one attached hydrogen (secondary N) is 1. The highest BCUT2D eigenvalue weighted by atomic mass is 16.5. The lowest BCUT2D eigenvalue weighted by Gasteiger charge is -2.33. The van der Waals surface area contributed by atoms with Crippen LogP contribution in [0.3, 0.4) is 0 Å². The first-order chi connectivity index (χ1) is 13.9. The van der Waals surface area contributed by atoms with Crippen LogP contribution in [0.25, 0.3) is 21.7 Å². The van der Waals surface area contributed by atoms with Gasteiger partial charge in [0.2, 0.25) is 0 Å². The van der Waals surface area contributed by atoms with E-state index < -0.39 is 0 Å². The third-order valence-corrected chi connectivity index (χ3v) is 5.97. The van der Waals surface area contributed by atoms with Crippen molar-refractivity contribution < 1.29 is 4.74 Å². The van der Waals surface area contributed by atoms with Gasteiger partial charge in [0.25, 0.3) is 0 Å². The number of aromatic amines is 1. The number of ether oxygens (including phenoxy) is 1. The minimum atomic E-state index is 0.607. The van der Waals surface area contributed by atoms with Crippen LogP contribution >= 0.6 is 0 Å². The zero-order valence-electron chi connectivity index (χ0n) is 16.1. The molecule has 142 valence electrons. The molecule has 4 aromatic rings. The molecule has 2 heterocycles. The summed E-state index contributed by atoms with van der Waals surface area (Å²) in [6.07, 6.45) is 4.49. The van der Waals surface area contributed by atoms with E-state index in [9.17, 15) is 0 Å². The maximum Gasteiger partial charge on any atom is 0.120 e. The molecular weight excluding hydrogens is 344 g/mol. The van der Waals surface area contributed by atoms with Crippen molar-refractivity contribution in [3.05, 3.63) is 78.5 Å². The third-order valence-electron chi connectivity index (χ3n) is 5.97. The Kier molecular flexibility index (Phi) is 4.76. The normalized spacial score (nSPS) is 17.9. The smallest absolute Gasteiger partial charge is 0.120 e. The van der Waals surface area contributed by atoms with Gasteiger partial charge in [0.1, 0.15) is 12.4 Å². The number of hydrogen-bond donors (Lipinski definition) is 1. The SMILES string of the molecule is c1ccc2c(C3CCCN(CCOc4ccc5[nH]ccc5c4)C3)cccc2c1. The van der Waals surface area contributed by atoms with Crippen molar-refractivity contribution >= 4 is 21.7 Å². The molecular formula is C25H26N2O. The molecule has 28 heavy (non-hydrogen) atoms. The molecule has 0 radical (unpaired) electrons. The summed E-state index contributed by atoms with van der Waals surface area (Å²) < 4.78 is 6.04. The van der Waals surface area contributed by atoms with E-state index in [0.29, 0.717) is 5.92 Å². The zero-order chi connectivity index (χ0) is 18.8. The highest BCUT2D eigenvalue weighted by Gasteiger charge is 2.22. The number of nitrogens with zero attached hydrogens (tertiary/aromatic N) is 1.